The van der Waals surface area contributed by atoms with Crippen LogP contribution in [0.1, 0.15) is 37.7 Å². The number of rotatable bonds is 4. The van der Waals surface area contributed by atoms with E-state index in [0.29, 0.717) is 5.41 Å². The molecule has 2 saturated carbocycles. The third kappa shape index (κ3) is 1.83. The van der Waals surface area contributed by atoms with Gasteiger partial charge in [0, 0.05) is 12.0 Å². The standard InChI is InChI=1S/C16H23NO2/c1-18-13-5-4-12(8-14(13)19-2)16(11-17)9-15(10-16)6-3-7-15/h4-5,8H,3,6-7,9-11,17H2,1-2H3. The van der Waals surface area contributed by atoms with Gasteiger partial charge in [-0.3, -0.25) is 0 Å². The fraction of sp³-hybridized carbons (Fsp3) is 0.625. The summed E-state index contributed by atoms with van der Waals surface area (Å²) in [7, 11) is 3.36. The highest BCUT2D eigenvalue weighted by Gasteiger charge is 2.56. The van der Waals surface area contributed by atoms with Crippen LogP contribution in [0.4, 0.5) is 0 Å². The summed E-state index contributed by atoms with van der Waals surface area (Å²) in [6.45, 7) is 0.726. The first-order valence-electron chi connectivity index (χ1n) is 7.10. The Morgan fingerprint density at radius 1 is 1.11 bits per heavy atom. The topological polar surface area (TPSA) is 44.5 Å². The van der Waals surface area contributed by atoms with Gasteiger partial charge in [-0.05, 0) is 48.8 Å². The summed E-state index contributed by atoms with van der Waals surface area (Å²) >= 11 is 0. The van der Waals surface area contributed by atoms with Crippen molar-refractivity contribution in [2.75, 3.05) is 20.8 Å². The van der Waals surface area contributed by atoms with Gasteiger partial charge in [0.2, 0.25) is 0 Å². The van der Waals surface area contributed by atoms with E-state index in [0.717, 1.165) is 18.0 Å². The van der Waals surface area contributed by atoms with Gasteiger partial charge >= 0.3 is 0 Å². The lowest BCUT2D eigenvalue weighted by Crippen LogP contribution is -2.56. The summed E-state index contributed by atoms with van der Waals surface area (Å²) in [4.78, 5) is 0. The largest absolute Gasteiger partial charge is 0.493 e. The number of nitrogens with two attached hydrogens (primary N) is 1. The molecule has 104 valence electrons. The molecule has 0 aromatic heterocycles. The number of benzene rings is 1. The van der Waals surface area contributed by atoms with Crippen molar-refractivity contribution in [3.05, 3.63) is 23.8 Å². The summed E-state index contributed by atoms with van der Waals surface area (Å²) in [5.74, 6) is 1.60. The number of hydrogen-bond acceptors (Lipinski definition) is 3. The predicted octanol–water partition coefficient (Wildman–Crippen LogP) is 2.86. The summed E-state index contributed by atoms with van der Waals surface area (Å²) in [6, 6.07) is 6.26. The molecular weight excluding hydrogens is 238 g/mol. The van der Waals surface area contributed by atoms with Crippen LogP contribution in [-0.2, 0) is 5.41 Å². The first kappa shape index (κ1) is 12.8. The third-order valence-electron chi connectivity index (χ3n) is 5.23. The molecule has 1 aromatic carbocycles. The van der Waals surface area contributed by atoms with E-state index in [4.69, 9.17) is 15.2 Å². The number of methoxy groups -OCH3 is 2. The van der Waals surface area contributed by atoms with Crippen LogP contribution in [0.2, 0.25) is 0 Å². The van der Waals surface area contributed by atoms with Gasteiger partial charge in [0.15, 0.2) is 11.5 Å². The summed E-state index contributed by atoms with van der Waals surface area (Å²) < 4.78 is 10.7. The average Bonchev–Trinajstić information content (AvgIpc) is 2.36. The van der Waals surface area contributed by atoms with Crippen molar-refractivity contribution in [1.82, 2.24) is 0 Å². The molecule has 2 aliphatic carbocycles. The van der Waals surface area contributed by atoms with Crippen LogP contribution in [0.5, 0.6) is 11.5 Å². The van der Waals surface area contributed by atoms with Crippen molar-refractivity contribution in [2.24, 2.45) is 11.1 Å². The Labute approximate surface area is 115 Å². The summed E-state index contributed by atoms with van der Waals surface area (Å²) in [6.07, 6.45) is 6.66. The SMILES string of the molecule is COc1ccc(C2(CN)CC3(CCC3)C2)cc1OC. The predicted molar refractivity (Wildman–Crippen MR) is 75.8 cm³/mol. The minimum Gasteiger partial charge on any atom is -0.493 e. The first-order valence-corrected chi connectivity index (χ1v) is 7.10. The maximum Gasteiger partial charge on any atom is 0.161 e. The van der Waals surface area contributed by atoms with Gasteiger partial charge in [0.1, 0.15) is 0 Å². The smallest absolute Gasteiger partial charge is 0.161 e. The highest BCUT2D eigenvalue weighted by Crippen LogP contribution is 2.64. The second kappa shape index (κ2) is 4.41. The Morgan fingerprint density at radius 3 is 2.26 bits per heavy atom. The van der Waals surface area contributed by atoms with E-state index in [1.165, 1.54) is 37.7 Å². The van der Waals surface area contributed by atoms with Crippen LogP contribution in [-0.4, -0.2) is 20.8 Å². The Bertz CT molecular complexity index is 472. The number of ether oxygens (including phenoxy) is 2. The lowest BCUT2D eigenvalue weighted by Gasteiger charge is -2.61. The molecule has 3 heteroatoms. The molecule has 0 heterocycles. The fourth-order valence-corrected chi connectivity index (χ4v) is 4.05. The maximum absolute atomic E-state index is 6.09. The van der Waals surface area contributed by atoms with Crippen molar-refractivity contribution in [2.45, 2.75) is 37.5 Å². The van der Waals surface area contributed by atoms with Crippen LogP contribution in [0.3, 0.4) is 0 Å². The van der Waals surface area contributed by atoms with Gasteiger partial charge in [0.25, 0.3) is 0 Å². The Morgan fingerprint density at radius 2 is 1.79 bits per heavy atom. The van der Waals surface area contributed by atoms with E-state index < -0.39 is 0 Å². The molecule has 0 aliphatic heterocycles. The van der Waals surface area contributed by atoms with E-state index in [1.54, 1.807) is 14.2 Å². The summed E-state index contributed by atoms with van der Waals surface area (Å²) in [5, 5.41) is 0. The maximum atomic E-state index is 6.09. The van der Waals surface area contributed by atoms with Crippen LogP contribution in [0.25, 0.3) is 0 Å². The van der Waals surface area contributed by atoms with Crippen LogP contribution in [0, 0.1) is 5.41 Å². The van der Waals surface area contributed by atoms with Crippen molar-refractivity contribution in [3.63, 3.8) is 0 Å². The minimum absolute atomic E-state index is 0.167. The number of hydrogen-bond donors (Lipinski definition) is 1. The first-order chi connectivity index (χ1) is 9.17. The van der Waals surface area contributed by atoms with E-state index in [1.807, 2.05) is 6.07 Å². The van der Waals surface area contributed by atoms with Crippen molar-refractivity contribution >= 4 is 0 Å². The highest BCUT2D eigenvalue weighted by molar-refractivity contribution is 5.46. The second-order valence-electron chi connectivity index (χ2n) is 6.26. The normalized spacial score (nSPS) is 22.5. The molecule has 19 heavy (non-hydrogen) atoms. The zero-order valence-electron chi connectivity index (χ0n) is 11.9. The van der Waals surface area contributed by atoms with Crippen molar-refractivity contribution in [3.8, 4) is 11.5 Å². The molecule has 1 spiro atoms. The molecule has 2 N–H and O–H groups in total. The fourth-order valence-electron chi connectivity index (χ4n) is 4.05. The van der Waals surface area contributed by atoms with E-state index >= 15 is 0 Å². The lowest BCUT2D eigenvalue weighted by atomic mass is 9.44. The molecule has 0 radical (unpaired) electrons. The molecule has 0 atom stereocenters. The monoisotopic (exact) mass is 261 g/mol. The quantitative estimate of drug-likeness (QED) is 0.906. The van der Waals surface area contributed by atoms with Crippen molar-refractivity contribution in [1.29, 1.82) is 0 Å². The lowest BCUT2D eigenvalue weighted by molar-refractivity contribution is -0.0447. The van der Waals surface area contributed by atoms with Gasteiger partial charge < -0.3 is 15.2 Å². The molecule has 0 saturated heterocycles. The third-order valence-corrected chi connectivity index (χ3v) is 5.23. The van der Waals surface area contributed by atoms with Crippen molar-refractivity contribution < 1.29 is 9.47 Å². The second-order valence-corrected chi connectivity index (χ2v) is 6.26. The molecule has 3 rings (SSSR count). The molecule has 0 unspecified atom stereocenters. The Balaban J connectivity index is 1.88. The van der Waals surface area contributed by atoms with E-state index in [-0.39, 0.29) is 5.41 Å². The Kier molecular flexibility index (Phi) is 2.97. The van der Waals surface area contributed by atoms with E-state index in [2.05, 4.69) is 12.1 Å². The molecule has 2 fully saturated rings. The average molecular weight is 261 g/mol. The zero-order valence-corrected chi connectivity index (χ0v) is 11.9. The van der Waals surface area contributed by atoms with Crippen LogP contribution >= 0.6 is 0 Å². The van der Waals surface area contributed by atoms with E-state index in [9.17, 15) is 0 Å². The van der Waals surface area contributed by atoms with Crippen LogP contribution < -0.4 is 15.2 Å². The highest BCUT2D eigenvalue weighted by atomic mass is 16.5. The molecule has 1 aromatic rings. The van der Waals surface area contributed by atoms with Gasteiger partial charge in [0.05, 0.1) is 14.2 Å². The molecule has 0 amide bonds. The van der Waals surface area contributed by atoms with Gasteiger partial charge in [-0.25, -0.2) is 0 Å². The summed E-state index contributed by atoms with van der Waals surface area (Å²) in [5.41, 5.74) is 8.19. The molecule has 0 bridgehead atoms. The van der Waals surface area contributed by atoms with Crippen LogP contribution in [0.15, 0.2) is 18.2 Å². The molecule has 3 nitrogen and oxygen atoms in total. The van der Waals surface area contributed by atoms with Gasteiger partial charge in [-0.1, -0.05) is 12.5 Å². The molecule has 2 aliphatic rings. The van der Waals surface area contributed by atoms with Gasteiger partial charge in [-0.2, -0.15) is 0 Å². The minimum atomic E-state index is 0.167. The Hall–Kier alpha value is -1.22. The van der Waals surface area contributed by atoms with Gasteiger partial charge in [-0.15, -0.1) is 0 Å². The molecular formula is C16H23NO2. The zero-order chi connectivity index (χ0) is 13.5.